The molecule has 1 atom stereocenters. The molecular weight excluding hydrogens is 250 g/mol. The molecule has 0 aliphatic carbocycles. The molecule has 2 N–H and O–H groups in total. The number of rotatable bonds is 7. The van der Waals surface area contributed by atoms with Crippen molar-refractivity contribution in [2.24, 2.45) is 11.1 Å². The fourth-order valence-electron chi connectivity index (χ4n) is 2.39. The quantitative estimate of drug-likeness (QED) is 0.774. The van der Waals surface area contributed by atoms with Crippen LogP contribution in [0.25, 0.3) is 0 Å². The van der Waals surface area contributed by atoms with Gasteiger partial charge in [-0.25, -0.2) is 0 Å². The van der Waals surface area contributed by atoms with E-state index < -0.39 is 0 Å². The number of ether oxygens (including phenoxy) is 1. The Morgan fingerprint density at radius 3 is 2.35 bits per heavy atom. The summed E-state index contributed by atoms with van der Waals surface area (Å²) in [7, 11) is 0. The Labute approximate surface area is 122 Å². The number of carbonyl (C=O) groups is 1. The van der Waals surface area contributed by atoms with Gasteiger partial charge in [-0.1, -0.05) is 45.0 Å². The van der Waals surface area contributed by atoms with E-state index in [-0.39, 0.29) is 17.4 Å². The summed E-state index contributed by atoms with van der Waals surface area (Å²) in [4.78, 5) is 11.6. The van der Waals surface area contributed by atoms with Gasteiger partial charge in [-0.05, 0) is 36.3 Å². The van der Waals surface area contributed by atoms with E-state index in [1.54, 1.807) is 0 Å². The van der Waals surface area contributed by atoms with Crippen LogP contribution in [0.4, 0.5) is 0 Å². The Morgan fingerprint density at radius 2 is 1.85 bits per heavy atom. The molecule has 0 aliphatic rings. The van der Waals surface area contributed by atoms with Gasteiger partial charge in [-0.2, -0.15) is 0 Å². The predicted molar refractivity (Wildman–Crippen MR) is 82.4 cm³/mol. The fraction of sp³-hybridized carbons (Fsp3) is 0.588. The third-order valence-corrected chi connectivity index (χ3v) is 3.52. The lowest BCUT2D eigenvalue weighted by Gasteiger charge is -2.27. The molecule has 3 nitrogen and oxygen atoms in total. The zero-order valence-corrected chi connectivity index (χ0v) is 13.1. The van der Waals surface area contributed by atoms with Crippen molar-refractivity contribution < 1.29 is 9.53 Å². The lowest BCUT2D eigenvalue weighted by Crippen LogP contribution is -2.25. The van der Waals surface area contributed by atoms with Crippen LogP contribution in [0.2, 0.25) is 0 Å². The van der Waals surface area contributed by atoms with Gasteiger partial charge in [0.2, 0.25) is 0 Å². The van der Waals surface area contributed by atoms with Crippen molar-refractivity contribution in [2.45, 2.75) is 53.0 Å². The minimum atomic E-state index is -0.158. The molecule has 1 aromatic rings. The highest BCUT2D eigenvalue weighted by Crippen LogP contribution is 2.32. The topological polar surface area (TPSA) is 52.3 Å². The zero-order chi connectivity index (χ0) is 15.2. The van der Waals surface area contributed by atoms with Crippen molar-refractivity contribution in [3.8, 4) is 0 Å². The standard InChI is InChI=1S/C17H27NO2/c1-5-13-7-9-14(10-8-13)15(18)11-17(3,4)12-16(19)20-6-2/h7-10,15H,5-6,11-12,18H2,1-4H3. The van der Waals surface area contributed by atoms with Crippen molar-refractivity contribution in [2.75, 3.05) is 6.61 Å². The van der Waals surface area contributed by atoms with Crippen molar-refractivity contribution in [3.05, 3.63) is 35.4 Å². The minimum absolute atomic E-state index is 0.0506. The van der Waals surface area contributed by atoms with E-state index in [0.29, 0.717) is 13.0 Å². The van der Waals surface area contributed by atoms with Gasteiger partial charge in [0.05, 0.1) is 13.0 Å². The van der Waals surface area contributed by atoms with Crippen LogP contribution >= 0.6 is 0 Å². The Kier molecular flexibility index (Phi) is 6.21. The summed E-state index contributed by atoms with van der Waals surface area (Å²) >= 11 is 0. The monoisotopic (exact) mass is 277 g/mol. The summed E-state index contributed by atoms with van der Waals surface area (Å²) < 4.78 is 5.02. The predicted octanol–water partition coefficient (Wildman–Crippen LogP) is 3.62. The van der Waals surface area contributed by atoms with Gasteiger partial charge in [-0.15, -0.1) is 0 Å². The first-order valence-electron chi connectivity index (χ1n) is 7.38. The maximum Gasteiger partial charge on any atom is 0.306 e. The van der Waals surface area contributed by atoms with Gasteiger partial charge < -0.3 is 10.5 Å². The number of carbonyl (C=O) groups excluding carboxylic acids is 1. The van der Waals surface area contributed by atoms with Crippen LogP contribution in [0, 0.1) is 5.41 Å². The molecule has 0 amide bonds. The summed E-state index contributed by atoms with van der Waals surface area (Å²) in [6.07, 6.45) is 2.20. The van der Waals surface area contributed by atoms with Crippen LogP contribution in [0.15, 0.2) is 24.3 Å². The summed E-state index contributed by atoms with van der Waals surface area (Å²) in [5.41, 5.74) is 8.55. The first-order valence-corrected chi connectivity index (χ1v) is 7.38. The first-order chi connectivity index (χ1) is 9.38. The molecule has 0 bridgehead atoms. The van der Waals surface area contributed by atoms with Gasteiger partial charge in [-0.3, -0.25) is 4.79 Å². The van der Waals surface area contributed by atoms with Crippen LogP contribution in [-0.2, 0) is 16.0 Å². The molecule has 0 saturated carbocycles. The van der Waals surface area contributed by atoms with Gasteiger partial charge in [0.1, 0.15) is 0 Å². The van der Waals surface area contributed by atoms with Crippen LogP contribution in [0.5, 0.6) is 0 Å². The van der Waals surface area contributed by atoms with E-state index in [1.807, 2.05) is 6.92 Å². The van der Waals surface area contributed by atoms with E-state index in [0.717, 1.165) is 18.4 Å². The number of aryl methyl sites for hydroxylation is 1. The molecule has 0 aliphatic heterocycles. The Balaban J connectivity index is 2.62. The Morgan fingerprint density at radius 1 is 1.25 bits per heavy atom. The molecule has 20 heavy (non-hydrogen) atoms. The molecule has 0 fully saturated rings. The average Bonchev–Trinajstić information content (AvgIpc) is 2.37. The van der Waals surface area contributed by atoms with Gasteiger partial charge >= 0.3 is 5.97 Å². The van der Waals surface area contributed by atoms with Gasteiger partial charge in [0.25, 0.3) is 0 Å². The SMILES string of the molecule is CCOC(=O)CC(C)(C)CC(N)c1ccc(CC)cc1. The third-order valence-electron chi connectivity index (χ3n) is 3.52. The van der Waals surface area contributed by atoms with E-state index in [2.05, 4.69) is 45.0 Å². The lowest BCUT2D eigenvalue weighted by atomic mass is 9.81. The molecule has 1 unspecified atom stereocenters. The second-order valence-corrected chi connectivity index (χ2v) is 6.05. The summed E-state index contributed by atoms with van der Waals surface area (Å²) in [6.45, 7) is 8.51. The smallest absolute Gasteiger partial charge is 0.306 e. The van der Waals surface area contributed by atoms with Crippen molar-refractivity contribution in [1.82, 2.24) is 0 Å². The largest absolute Gasteiger partial charge is 0.466 e. The summed E-state index contributed by atoms with van der Waals surface area (Å²) in [5.74, 6) is -0.147. The summed E-state index contributed by atoms with van der Waals surface area (Å²) in [5, 5.41) is 0. The van der Waals surface area contributed by atoms with E-state index in [1.165, 1.54) is 5.56 Å². The minimum Gasteiger partial charge on any atom is -0.466 e. The molecule has 112 valence electrons. The molecule has 0 radical (unpaired) electrons. The van der Waals surface area contributed by atoms with Crippen LogP contribution < -0.4 is 5.73 Å². The highest BCUT2D eigenvalue weighted by molar-refractivity contribution is 5.70. The van der Waals surface area contributed by atoms with Crippen molar-refractivity contribution in [1.29, 1.82) is 0 Å². The normalized spacial score (nSPS) is 13.1. The molecule has 1 rings (SSSR count). The van der Waals surface area contributed by atoms with Crippen LogP contribution in [0.3, 0.4) is 0 Å². The Bertz CT molecular complexity index is 423. The number of hydrogen-bond donors (Lipinski definition) is 1. The van der Waals surface area contributed by atoms with E-state index >= 15 is 0 Å². The maximum atomic E-state index is 11.6. The molecule has 0 spiro atoms. The molecule has 0 saturated heterocycles. The van der Waals surface area contributed by atoms with Gasteiger partial charge in [0.15, 0.2) is 0 Å². The van der Waals surface area contributed by atoms with Crippen LogP contribution in [0.1, 0.15) is 57.7 Å². The molecule has 0 heterocycles. The number of esters is 1. The summed E-state index contributed by atoms with van der Waals surface area (Å²) in [6, 6.07) is 8.36. The zero-order valence-electron chi connectivity index (χ0n) is 13.1. The van der Waals surface area contributed by atoms with Crippen LogP contribution in [-0.4, -0.2) is 12.6 Å². The molecule has 1 aromatic carbocycles. The third kappa shape index (κ3) is 5.33. The highest BCUT2D eigenvalue weighted by atomic mass is 16.5. The molecule has 0 aromatic heterocycles. The second-order valence-electron chi connectivity index (χ2n) is 6.05. The number of hydrogen-bond acceptors (Lipinski definition) is 3. The molecule has 3 heteroatoms. The average molecular weight is 277 g/mol. The highest BCUT2D eigenvalue weighted by Gasteiger charge is 2.26. The van der Waals surface area contributed by atoms with Gasteiger partial charge in [0, 0.05) is 6.04 Å². The van der Waals surface area contributed by atoms with E-state index in [4.69, 9.17) is 10.5 Å². The molecular formula is C17H27NO2. The number of nitrogens with two attached hydrogens (primary N) is 1. The second kappa shape index (κ2) is 7.44. The Hall–Kier alpha value is -1.35. The fourth-order valence-corrected chi connectivity index (χ4v) is 2.39. The number of benzene rings is 1. The van der Waals surface area contributed by atoms with Crippen molar-refractivity contribution >= 4 is 5.97 Å². The first kappa shape index (κ1) is 16.7. The van der Waals surface area contributed by atoms with Crippen molar-refractivity contribution in [3.63, 3.8) is 0 Å². The maximum absolute atomic E-state index is 11.6. The lowest BCUT2D eigenvalue weighted by molar-refractivity contribution is -0.145. The van der Waals surface area contributed by atoms with E-state index in [9.17, 15) is 4.79 Å².